The molecule has 39 heavy (non-hydrogen) atoms. The number of carbonyl (C=O) groups excluding carboxylic acids is 2. The fourth-order valence-electron chi connectivity index (χ4n) is 4.79. The summed E-state index contributed by atoms with van der Waals surface area (Å²) in [4.78, 5) is 28.9. The maximum absolute atomic E-state index is 13.4. The average Bonchev–Trinajstić information content (AvgIpc) is 3.13. The van der Waals surface area contributed by atoms with Gasteiger partial charge in [0.05, 0.1) is 27.8 Å². The lowest BCUT2D eigenvalue weighted by Crippen LogP contribution is -2.48. The summed E-state index contributed by atoms with van der Waals surface area (Å²) in [5.74, 6) is -1.33. The van der Waals surface area contributed by atoms with E-state index in [1.54, 1.807) is 30.3 Å². The average molecular weight is 561 g/mol. The van der Waals surface area contributed by atoms with E-state index in [0.717, 1.165) is 17.0 Å². The maximum atomic E-state index is 13.4. The van der Waals surface area contributed by atoms with Crippen molar-refractivity contribution in [2.24, 2.45) is 0 Å². The van der Waals surface area contributed by atoms with E-state index in [4.69, 9.17) is 5.26 Å². The van der Waals surface area contributed by atoms with Gasteiger partial charge in [0.2, 0.25) is 10.0 Å². The SMILES string of the molecule is CC1=C(CCCCN2CCN(S(=O)(=O)c3ccccc3)CC2)C(=O)N(c2ccc(C#N)c(C(F)(F)F)c2)C1=O. The van der Waals surface area contributed by atoms with E-state index in [1.807, 2.05) is 0 Å². The van der Waals surface area contributed by atoms with Gasteiger partial charge < -0.3 is 4.90 Å². The molecule has 1 saturated heterocycles. The Balaban J connectivity index is 1.31. The Morgan fingerprint density at radius 3 is 2.23 bits per heavy atom. The Labute approximate surface area is 225 Å². The summed E-state index contributed by atoms with van der Waals surface area (Å²) in [6.45, 7) is 4.04. The minimum Gasteiger partial charge on any atom is -0.301 e. The standard InChI is InChI=1S/C27H27F3N4O4S/c1-19-23(26(36)34(25(19)35)21-11-10-20(18-31)24(17-21)27(28,29)30)9-5-6-12-32-13-15-33(16-14-32)39(37,38)22-7-3-2-4-8-22/h2-4,7-8,10-11,17H,5-6,9,12-16H2,1H3. The first-order chi connectivity index (χ1) is 18.4. The molecule has 0 unspecified atom stereocenters. The first kappa shape index (κ1) is 28.5. The zero-order valence-corrected chi connectivity index (χ0v) is 22.1. The molecule has 0 spiro atoms. The number of benzene rings is 2. The predicted octanol–water partition coefficient (Wildman–Crippen LogP) is 3.94. The maximum Gasteiger partial charge on any atom is 0.417 e. The van der Waals surface area contributed by atoms with Crippen LogP contribution in [0.4, 0.5) is 18.9 Å². The first-order valence-corrected chi connectivity index (χ1v) is 13.9. The Hall–Kier alpha value is -3.53. The van der Waals surface area contributed by atoms with Gasteiger partial charge in [0.1, 0.15) is 0 Å². The second kappa shape index (κ2) is 11.3. The second-order valence-electron chi connectivity index (χ2n) is 9.40. The van der Waals surface area contributed by atoms with Gasteiger partial charge in [-0.2, -0.15) is 22.7 Å². The molecule has 1 fully saturated rings. The molecular formula is C27H27F3N4O4S. The number of amides is 2. The lowest BCUT2D eigenvalue weighted by Gasteiger charge is -2.34. The van der Waals surface area contributed by atoms with Crippen molar-refractivity contribution in [2.75, 3.05) is 37.6 Å². The van der Waals surface area contributed by atoms with Gasteiger partial charge >= 0.3 is 6.18 Å². The third-order valence-corrected chi connectivity index (χ3v) is 8.90. The lowest BCUT2D eigenvalue weighted by atomic mass is 10.0. The van der Waals surface area contributed by atoms with Gasteiger partial charge in [-0.3, -0.25) is 9.59 Å². The van der Waals surface area contributed by atoms with Gasteiger partial charge in [-0.15, -0.1) is 0 Å². The summed E-state index contributed by atoms with van der Waals surface area (Å²) in [6.07, 6.45) is -3.25. The van der Waals surface area contributed by atoms with E-state index in [9.17, 15) is 31.2 Å². The van der Waals surface area contributed by atoms with Crippen LogP contribution in [0.15, 0.2) is 64.6 Å². The van der Waals surface area contributed by atoms with Crippen LogP contribution in [0.2, 0.25) is 0 Å². The van der Waals surface area contributed by atoms with Gasteiger partial charge in [0.25, 0.3) is 11.8 Å². The number of imide groups is 1. The van der Waals surface area contributed by atoms with Crippen molar-refractivity contribution < 1.29 is 31.2 Å². The molecule has 12 heteroatoms. The van der Waals surface area contributed by atoms with Crippen molar-refractivity contribution in [1.82, 2.24) is 9.21 Å². The zero-order valence-electron chi connectivity index (χ0n) is 21.2. The van der Waals surface area contributed by atoms with Crippen LogP contribution < -0.4 is 4.90 Å². The molecule has 2 aliphatic heterocycles. The smallest absolute Gasteiger partial charge is 0.301 e. The number of nitriles is 1. The third-order valence-electron chi connectivity index (χ3n) is 6.99. The number of carbonyl (C=O) groups is 2. The molecular weight excluding hydrogens is 533 g/mol. The van der Waals surface area contributed by atoms with E-state index in [1.165, 1.54) is 17.3 Å². The van der Waals surface area contributed by atoms with Crippen LogP contribution in [-0.2, 0) is 25.8 Å². The highest BCUT2D eigenvalue weighted by Crippen LogP contribution is 2.37. The van der Waals surface area contributed by atoms with Crippen LogP contribution in [0.5, 0.6) is 0 Å². The monoisotopic (exact) mass is 560 g/mol. The normalized spacial score (nSPS) is 17.7. The molecule has 8 nitrogen and oxygen atoms in total. The largest absolute Gasteiger partial charge is 0.417 e. The van der Waals surface area contributed by atoms with E-state index in [-0.39, 0.29) is 28.1 Å². The Morgan fingerprint density at radius 2 is 1.62 bits per heavy atom. The molecule has 2 amide bonds. The third kappa shape index (κ3) is 5.90. The van der Waals surface area contributed by atoms with Gasteiger partial charge in [0.15, 0.2) is 0 Å². The quantitative estimate of drug-likeness (QED) is 0.358. The van der Waals surface area contributed by atoms with Crippen LogP contribution in [0.25, 0.3) is 0 Å². The number of unbranched alkanes of at least 4 members (excludes halogenated alkanes) is 1. The van der Waals surface area contributed by atoms with Crippen LogP contribution >= 0.6 is 0 Å². The number of sulfonamides is 1. The van der Waals surface area contributed by atoms with Crippen molar-refractivity contribution in [3.05, 3.63) is 70.8 Å². The zero-order chi connectivity index (χ0) is 28.4. The molecule has 0 saturated carbocycles. The molecule has 2 aliphatic rings. The van der Waals surface area contributed by atoms with Crippen molar-refractivity contribution >= 4 is 27.5 Å². The summed E-state index contributed by atoms with van der Waals surface area (Å²) < 4.78 is 67.2. The second-order valence-corrected chi connectivity index (χ2v) is 11.3. The Bertz CT molecular complexity index is 1440. The molecule has 0 aliphatic carbocycles. The van der Waals surface area contributed by atoms with Gasteiger partial charge in [-0.25, -0.2) is 13.3 Å². The number of nitrogens with zero attached hydrogens (tertiary/aromatic N) is 4. The molecule has 0 N–H and O–H groups in total. The van der Waals surface area contributed by atoms with Crippen molar-refractivity contribution in [2.45, 2.75) is 37.3 Å². The van der Waals surface area contributed by atoms with Crippen LogP contribution in [0, 0.1) is 11.3 Å². The highest BCUT2D eigenvalue weighted by atomic mass is 32.2. The number of alkyl halides is 3. The summed E-state index contributed by atoms with van der Waals surface area (Å²) in [6, 6.07) is 12.5. The van der Waals surface area contributed by atoms with Gasteiger partial charge in [0, 0.05) is 37.3 Å². The molecule has 0 radical (unpaired) electrons. The predicted molar refractivity (Wildman–Crippen MR) is 137 cm³/mol. The summed E-state index contributed by atoms with van der Waals surface area (Å²) >= 11 is 0. The molecule has 206 valence electrons. The number of piperazine rings is 1. The number of hydrogen-bond acceptors (Lipinski definition) is 6. The minimum atomic E-state index is -4.81. The van der Waals surface area contributed by atoms with Crippen molar-refractivity contribution in [3.8, 4) is 6.07 Å². The topological polar surface area (TPSA) is 102 Å². The van der Waals surface area contributed by atoms with Crippen LogP contribution in [0.3, 0.4) is 0 Å². The first-order valence-electron chi connectivity index (χ1n) is 12.4. The highest BCUT2D eigenvalue weighted by Gasteiger charge is 2.39. The minimum absolute atomic E-state index is 0.192. The van der Waals surface area contributed by atoms with Crippen molar-refractivity contribution in [1.29, 1.82) is 5.26 Å². The summed E-state index contributed by atoms with van der Waals surface area (Å²) in [7, 11) is -3.53. The van der Waals surface area contributed by atoms with Crippen LogP contribution in [0.1, 0.15) is 37.3 Å². The van der Waals surface area contributed by atoms with E-state index in [2.05, 4.69) is 4.90 Å². The van der Waals surface area contributed by atoms with E-state index >= 15 is 0 Å². The van der Waals surface area contributed by atoms with Crippen molar-refractivity contribution in [3.63, 3.8) is 0 Å². The molecule has 0 atom stereocenters. The Morgan fingerprint density at radius 1 is 0.949 bits per heavy atom. The Kier molecular flexibility index (Phi) is 8.25. The molecule has 0 bridgehead atoms. The summed E-state index contributed by atoms with van der Waals surface area (Å²) in [5.41, 5.74) is -1.57. The van der Waals surface area contributed by atoms with Gasteiger partial charge in [-0.05, 0) is 63.1 Å². The van der Waals surface area contributed by atoms with Crippen LogP contribution in [-0.4, -0.2) is 62.2 Å². The fraction of sp³-hybridized carbons (Fsp3) is 0.370. The number of hydrogen-bond donors (Lipinski definition) is 0. The van der Waals surface area contributed by atoms with Gasteiger partial charge in [-0.1, -0.05) is 18.2 Å². The molecule has 2 aromatic carbocycles. The van der Waals surface area contributed by atoms with E-state index < -0.39 is 39.1 Å². The molecule has 0 aromatic heterocycles. The number of halogens is 3. The number of rotatable bonds is 8. The molecule has 2 aromatic rings. The summed E-state index contributed by atoms with van der Waals surface area (Å²) in [5, 5.41) is 9.00. The number of anilines is 1. The van der Waals surface area contributed by atoms with E-state index in [0.29, 0.717) is 51.6 Å². The molecule has 2 heterocycles. The molecule has 4 rings (SSSR count). The highest BCUT2D eigenvalue weighted by molar-refractivity contribution is 7.89. The lowest BCUT2D eigenvalue weighted by molar-refractivity contribution is -0.138. The fourth-order valence-corrected chi connectivity index (χ4v) is 6.23.